The molecule has 0 radical (unpaired) electrons. The molecule has 0 aliphatic carbocycles. The number of benzene rings is 1. The number of ether oxygens (including phenoxy) is 1. The zero-order chi connectivity index (χ0) is 13.9. The summed E-state index contributed by atoms with van der Waals surface area (Å²) in [5, 5.41) is 6.89. The Labute approximate surface area is 124 Å². The maximum atomic E-state index is 5.58. The molecule has 20 heavy (non-hydrogen) atoms. The smallest absolute Gasteiger partial charge is 0.122 e. The predicted molar refractivity (Wildman–Crippen MR) is 82.6 cm³/mol. The summed E-state index contributed by atoms with van der Waals surface area (Å²) < 4.78 is 5.58. The summed E-state index contributed by atoms with van der Waals surface area (Å²) in [5.74, 6) is 1.05. The molecular formula is C16H20N2OS. The molecule has 1 N–H and O–H groups in total. The van der Waals surface area contributed by atoms with Crippen molar-refractivity contribution in [2.75, 3.05) is 13.2 Å². The molecule has 1 aliphatic heterocycles. The predicted octanol–water partition coefficient (Wildman–Crippen LogP) is 3.28. The van der Waals surface area contributed by atoms with Crippen LogP contribution in [0.5, 0.6) is 5.75 Å². The van der Waals surface area contributed by atoms with Crippen molar-refractivity contribution in [1.82, 2.24) is 10.3 Å². The maximum absolute atomic E-state index is 5.58. The first-order valence-electron chi connectivity index (χ1n) is 7.16. The molecule has 2 aromatic rings. The van der Waals surface area contributed by atoms with Crippen LogP contribution >= 0.6 is 11.3 Å². The van der Waals surface area contributed by atoms with E-state index in [1.165, 1.54) is 16.1 Å². The molecule has 0 fully saturated rings. The average Bonchev–Trinajstić information content (AvgIpc) is 3.06. The molecule has 4 heteroatoms. The van der Waals surface area contributed by atoms with Crippen molar-refractivity contribution in [2.24, 2.45) is 0 Å². The van der Waals surface area contributed by atoms with Gasteiger partial charge in [-0.1, -0.05) is 19.1 Å². The molecule has 3 rings (SSSR count). The molecule has 1 unspecified atom stereocenters. The second-order valence-electron chi connectivity index (χ2n) is 5.16. The fraction of sp³-hybridized carbons (Fsp3) is 0.438. The summed E-state index contributed by atoms with van der Waals surface area (Å²) in [6.07, 6.45) is 1.98. The van der Waals surface area contributed by atoms with Crippen LogP contribution in [-0.4, -0.2) is 18.1 Å². The molecule has 1 aromatic carbocycles. The van der Waals surface area contributed by atoms with Crippen molar-refractivity contribution in [3.8, 4) is 5.75 Å². The minimum atomic E-state index is 0.330. The lowest BCUT2D eigenvalue weighted by Crippen LogP contribution is -2.23. The normalized spacial score (nSPS) is 14.9. The van der Waals surface area contributed by atoms with Crippen LogP contribution in [0.1, 0.15) is 34.8 Å². The van der Waals surface area contributed by atoms with E-state index in [0.717, 1.165) is 37.4 Å². The molecule has 1 aliphatic rings. The molecule has 106 valence electrons. The Morgan fingerprint density at radius 3 is 3.10 bits per heavy atom. The first kappa shape index (κ1) is 13.6. The summed E-state index contributed by atoms with van der Waals surface area (Å²) >= 11 is 1.75. The molecule has 2 heterocycles. The van der Waals surface area contributed by atoms with Gasteiger partial charge in [0, 0.05) is 30.0 Å². The van der Waals surface area contributed by atoms with Gasteiger partial charge in [0.1, 0.15) is 5.75 Å². The van der Waals surface area contributed by atoms with E-state index in [1.54, 1.807) is 11.3 Å². The van der Waals surface area contributed by atoms with Gasteiger partial charge in [-0.3, -0.25) is 0 Å². The number of nitrogens with zero attached hydrogens (tertiary/aromatic N) is 1. The number of thiazole rings is 1. The van der Waals surface area contributed by atoms with Gasteiger partial charge in [-0.2, -0.15) is 0 Å². The third-order valence-electron chi connectivity index (χ3n) is 3.61. The van der Waals surface area contributed by atoms with Crippen molar-refractivity contribution >= 4 is 11.3 Å². The first-order valence-corrected chi connectivity index (χ1v) is 8.04. The molecular weight excluding hydrogens is 268 g/mol. The number of rotatable bonds is 5. The fourth-order valence-electron chi connectivity index (χ4n) is 2.65. The van der Waals surface area contributed by atoms with E-state index in [0.29, 0.717) is 6.04 Å². The zero-order valence-electron chi connectivity index (χ0n) is 12.0. The lowest BCUT2D eigenvalue weighted by Gasteiger charge is -2.18. The molecule has 0 saturated carbocycles. The highest BCUT2D eigenvalue weighted by Crippen LogP contribution is 2.29. The van der Waals surface area contributed by atoms with E-state index in [9.17, 15) is 0 Å². The van der Waals surface area contributed by atoms with Crippen molar-refractivity contribution < 1.29 is 4.74 Å². The van der Waals surface area contributed by atoms with E-state index in [2.05, 4.69) is 47.7 Å². The number of nitrogens with one attached hydrogen (secondary N) is 1. The van der Waals surface area contributed by atoms with Gasteiger partial charge >= 0.3 is 0 Å². The number of hydrogen-bond acceptors (Lipinski definition) is 4. The third-order valence-corrected chi connectivity index (χ3v) is 4.60. The van der Waals surface area contributed by atoms with Crippen LogP contribution < -0.4 is 10.1 Å². The summed E-state index contributed by atoms with van der Waals surface area (Å²) in [6.45, 7) is 5.98. The largest absolute Gasteiger partial charge is 0.493 e. The van der Waals surface area contributed by atoms with Crippen LogP contribution in [0.25, 0.3) is 0 Å². The summed E-state index contributed by atoms with van der Waals surface area (Å²) in [5.41, 5.74) is 3.78. The van der Waals surface area contributed by atoms with E-state index < -0.39 is 0 Å². The monoisotopic (exact) mass is 288 g/mol. The highest BCUT2D eigenvalue weighted by Gasteiger charge is 2.17. The third kappa shape index (κ3) is 2.86. The number of aromatic nitrogens is 1. The molecule has 0 saturated heterocycles. The van der Waals surface area contributed by atoms with Gasteiger partial charge in [-0.25, -0.2) is 4.98 Å². The second-order valence-corrected chi connectivity index (χ2v) is 6.11. The van der Waals surface area contributed by atoms with Gasteiger partial charge < -0.3 is 10.1 Å². The lowest BCUT2D eigenvalue weighted by atomic mass is 10.0. The summed E-state index contributed by atoms with van der Waals surface area (Å²) in [7, 11) is 0. The van der Waals surface area contributed by atoms with Crippen LogP contribution in [0.4, 0.5) is 0 Å². The van der Waals surface area contributed by atoms with Crippen LogP contribution in [0, 0.1) is 6.92 Å². The minimum Gasteiger partial charge on any atom is -0.493 e. The Kier molecular flexibility index (Phi) is 4.03. The van der Waals surface area contributed by atoms with Gasteiger partial charge in [-0.05, 0) is 30.7 Å². The highest BCUT2D eigenvalue weighted by molar-refractivity contribution is 7.09. The molecule has 1 aromatic heterocycles. The Morgan fingerprint density at radius 2 is 2.35 bits per heavy atom. The zero-order valence-corrected chi connectivity index (χ0v) is 12.8. The molecule has 0 bridgehead atoms. The van der Waals surface area contributed by atoms with Crippen molar-refractivity contribution in [3.63, 3.8) is 0 Å². The van der Waals surface area contributed by atoms with Gasteiger partial charge in [0.25, 0.3) is 0 Å². The van der Waals surface area contributed by atoms with Crippen molar-refractivity contribution in [3.05, 3.63) is 45.4 Å². The Balaban J connectivity index is 1.82. The van der Waals surface area contributed by atoms with E-state index in [4.69, 9.17) is 4.74 Å². The number of hydrogen-bond donors (Lipinski definition) is 1. The van der Waals surface area contributed by atoms with Crippen molar-refractivity contribution in [2.45, 2.75) is 32.7 Å². The van der Waals surface area contributed by atoms with Gasteiger partial charge in [-0.15, -0.1) is 11.3 Å². The number of aryl methyl sites for hydroxylation is 1. The highest BCUT2D eigenvalue weighted by atomic mass is 32.1. The van der Waals surface area contributed by atoms with Crippen LogP contribution in [0.2, 0.25) is 0 Å². The summed E-state index contributed by atoms with van der Waals surface area (Å²) in [4.78, 5) is 4.58. The first-order chi connectivity index (χ1) is 9.76. The number of likely N-dealkylation sites (N-methyl/N-ethyl adjacent to an activating group) is 1. The van der Waals surface area contributed by atoms with Gasteiger partial charge in [0.15, 0.2) is 0 Å². The van der Waals surface area contributed by atoms with Crippen LogP contribution in [0.15, 0.2) is 23.6 Å². The SMILES string of the molecule is CCNC(Cc1nc(C)cs1)c1ccc2c(c1)CCO2. The Bertz CT molecular complexity index is 594. The lowest BCUT2D eigenvalue weighted by molar-refractivity contribution is 0.356. The fourth-order valence-corrected chi connectivity index (χ4v) is 3.47. The number of fused-ring (bicyclic) bond motifs is 1. The standard InChI is InChI=1S/C16H20N2OS/c1-3-17-14(9-16-18-11(2)10-20-16)12-4-5-15-13(8-12)6-7-19-15/h4-5,8,10,14,17H,3,6-7,9H2,1-2H3. The summed E-state index contributed by atoms with van der Waals surface area (Å²) in [6, 6.07) is 6.90. The second kappa shape index (κ2) is 5.94. The average molecular weight is 288 g/mol. The molecule has 3 nitrogen and oxygen atoms in total. The quantitative estimate of drug-likeness (QED) is 0.917. The maximum Gasteiger partial charge on any atom is 0.122 e. The van der Waals surface area contributed by atoms with E-state index >= 15 is 0 Å². The Hall–Kier alpha value is -1.39. The van der Waals surface area contributed by atoms with Crippen LogP contribution in [0.3, 0.4) is 0 Å². The minimum absolute atomic E-state index is 0.330. The van der Waals surface area contributed by atoms with E-state index in [1.807, 2.05) is 0 Å². The van der Waals surface area contributed by atoms with Gasteiger partial charge in [0.05, 0.1) is 11.6 Å². The van der Waals surface area contributed by atoms with Crippen molar-refractivity contribution in [1.29, 1.82) is 0 Å². The Morgan fingerprint density at radius 1 is 1.45 bits per heavy atom. The van der Waals surface area contributed by atoms with Gasteiger partial charge in [0.2, 0.25) is 0 Å². The van der Waals surface area contributed by atoms with E-state index in [-0.39, 0.29) is 0 Å². The van der Waals surface area contributed by atoms with Crippen LogP contribution in [-0.2, 0) is 12.8 Å². The molecule has 0 amide bonds. The molecule has 1 atom stereocenters. The topological polar surface area (TPSA) is 34.2 Å². The molecule has 0 spiro atoms.